The fourth-order valence-electron chi connectivity index (χ4n) is 4.46. The first-order valence-electron chi connectivity index (χ1n) is 11.6. The van der Waals surface area contributed by atoms with Gasteiger partial charge in [-0.1, -0.05) is 39.0 Å². The molecule has 33 heavy (non-hydrogen) atoms. The average Bonchev–Trinajstić information content (AvgIpc) is 3.21. The summed E-state index contributed by atoms with van der Waals surface area (Å²) in [6.45, 7) is 6.81. The number of fused-ring (bicyclic) bond motifs is 2. The fourth-order valence-corrected chi connectivity index (χ4v) is 6.87. The summed E-state index contributed by atoms with van der Waals surface area (Å²) in [5.74, 6) is 8.13. The molecule has 0 aliphatic rings. The summed E-state index contributed by atoms with van der Waals surface area (Å²) < 4.78 is 7.79. The van der Waals surface area contributed by atoms with E-state index in [0.717, 1.165) is 33.6 Å². The van der Waals surface area contributed by atoms with E-state index in [0.29, 0.717) is 0 Å². The van der Waals surface area contributed by atoms with Crippen molar-refractivity contribution < 1.29 is 4.42 Å². The number of furan rings is 1. The molecule has 3 aromatic carbocycles. The SMILES string of the molecule is CC(C)(C)c1cc(-c2cc(-c3cc4cc[c]([Ge]([CH3])([CH3])[CH3])cc4o3)ccn2)cc2ccccc12. The van der Waals surface area contributed by atoms with Gasteiger partial charge in [-0.15, -0.1) is 0 Å². The Hall–Kier alpha value is -2.85. The number of aromatic nitrogens is 1. The monoisotopic (exact) mass is 495 g/mol. The molecular formula is C30H31GeNO. The number of benzene rings is 3. The van der Waals surface area contributed by atoms with Crippen molar-refractivity contribution >= 4 is 39.4 Å². The zero-order valence-corrected chi connectivity index (χ0v) is 22.5. The molecule has 0 bridgehead atoms. The molecule has 0 fully saturated rings. The van der Waals surface area contributed by atoms with Gasteiger partial charge in [-0.25, -0.2) is 0 Å². The number of hydrogen-bond acceptors (Lipinski definition) is 2. The third-order valence-electron chi connectivity index (χ3n) is 6.40. The zero-order valence-electron chi connectivity index (χ0n) is 20.4. The van der Waals surface area contributed by atoms with E-state index in [9.17, 15) is 0 Å². The van der Waals surface area contributed by atoms with Crippen LogP contribution in [0.1, 0.15) is 26.3 Å². The molecule has 0 unspecified atom stereocenters. The number of nitrogens with zero attached hydrogens (tertiary/aromatic N) is 1. The number of rotatable bonds is 3. The molecule has 0 N–H and O–H groups in total. The van der Waals surface area contributed by atoms with Gasteiger partial charge in [0.15, 0.2) is 0 Å². The second kappa shape index (κ2) is 7.88. The zero-order chi connectivity index (χ0) is 23.4. The molecule has 166 valence electrons. The summed E-state index contributed by atoms with van der Waals surface area (Å²) in [6.07, 6.45) is 1.89. The Bertz CT molecular complexity index is 1480. The van der Waals surface area contributed by atoms with Crippen LogP contribution in [0.5, 0.6) is 0 Å². The topological polar surface area (TPSA) is 26.0 Å². The molecule has 2 aromatic heterocycles. The van der Waals surface area contributed by atoms with Gasteiger partial charge in [-0.05, 0) is 0 Å². The first-order valence-corrected chi connectivity index (χ1v) is 19.0. The molecule has 2 heterocycles. The molecule has 0 radical (unpaired) electrons. The maximum absolute atomic E-state index is 6.33. The molecule has 0 spiro atoms. The molecule has 5 aromatic rings. The van der Waals surface area contributed by atoms with Crippen molar-refractivity contribution in [2.24, 2.45) is 0 Å². The smallest absolute Gasteiger partial charge is 0.0616 e. The molecule has 2 nitrogen and oxygen atoms in total. The summed E-state index contributed by atoms with van der Waals surface area (Å²) >= 11 is -1.90. The van der Waals surface area contributed by atoms with Gasteiger partial charge in [-0.2, -0.15) is 0 Å². The molecule has 0 aliphatic carbocycles. The summed E-state index contributed by atoms with van der Waals surface area (Å²) in [4.78, 5) is 4.73. The van der Waals surface area contributed by atoms with Gasteiger partial charge in [0.1, 0.15) is 0 Å². The van der Waals surface area contributed by atoms with Gasteiger partial charge in [-0.3, -0.25) is 0 Å². The quantitative estimate of drug-likeness (QED) is 0.237. The Morgan fingerprint density at radius 2 is 1.55 bits per heavy atom. The molecule has 5 rings (SSSR count). The molecule has 0 atom stereocenters. The number of pyridine rings is 1. The van der Waals surface area contributed by atoms with Crippen molar-refractivity contribution in [1.29, 1.82) is 0 Å². The van der Waals surface area contributed by atoms with Crippen molar-refractivity contribution in [1.82, 2.24) is 4.98 Å². The van der Waals surface area contributed by atoms with Crippen LogP contribution in [0.3, 0.4) is 0 Å². The minimum absolute atomic E-state index is 0.0429. The van der Waals surface area contributed by atoms with Crippen molar-refractivity contribution in [3.63, 3.8) is 0 Å². The minimum atomic E-state index is -1.90. The average molecular weight is 494 g/mol. The minimum Gasteiger partial charge on any atom is -0.0616 e. The van der Waals surface area contributed by atoms with Crippen LogP contribution in [-0.4, -0.2) is 18.3 Å². The van der Waals surface area contributed by atoms with E-state index in [-0.39, 0.29) is 5.41 Å². The maximum atomic E-state index is 6.33. The van der Waals surface area contributed by atoms with Crippen LogP contribution < -0.4 is 4.40 Å². The molecule has 3 heteroatoms. The molecular weight excluding hydrogens is 463 g/mol. The standard InChI is InChI=1S/C30H31GeNO/c1-30(2,3)26-16-23(15-20-9-7-8-10-25(20)26)27-17-22(13-14-32-27)28-18-21-11-12-24(31(4,5)6)19-29(21)33-28/h7-19H,1-6H3. The molecule has 0 saturated carbocycles. The third-order valence-corrected chi connectivity index (χ3v) is 10.7. The Morgan fingerprint density at radius 3 is 2.30 bits per heavy atom. The fraction of sp³-hybridized carbons (Fsp3) is 0.233. The van der Waals surface area contributed by atoms with Crippen molar-refractivity contribution in [3.05, 3.63) is 84.6 Å². The van der Waals surface area contributed by atoms with E-state index in [1.165, 1.54) is 20.7 Å². The van der Waals surface area contributed by atoms with Crippen LogP contribution in [0.15, 0.2) is 83.4 Å². The van der Waals surface area contributed by atoms with Gasteiger partial charge in [0.05, 0.1) is 0 Å². The van der Waals surface area contributed by atoms with Gasteiger partial charge in [0.2, 0.25) is 0 Å². The third kappa shape index (κ3) is 4.25. The second-order valence-electron chi connectivity index (χ2n) is 11.0. The second-order valence-corrected chi connectivity index (χ2v) is 21.7. The molecule has 0 amide bonds. The van der Waals surface area contributed by atoms with Crippen LogP contribution >= 0.6 is 0 Å². The van der Waals surface area contributed by atoms with E-state index >= 15 is 0 Å². The summed E-state index contributed by atoms with van der Waals surface area (Å²) in [5.41, 5.74) is 5.52. The van der Waals surface area contributed by atoms with Gasteiger partial charge in [0.25, 0.3) is 0 Å². The van der Waals surface area contributed by atoms with Gasteiger partial charge in [0, 0.05) is 0 Å². The Morgan fingerprint density at radius 1 is 0.758 bits per heavy atom. The summed E-state index contributed by atoms with van der Waals surface area (Å²) in [5, 5.41) is 3.71. The molecule has 0 saturated heterocycles. The molecule has 0 aliphatic heterocycles. The van der Waals surface area contributed by atoms with Crippen LogP contribution in [0, 0.1) is 0 Å². The Labute approximate surface area is 199 Å². The van der Waals surface area contributed by atoms with E-state index < -0.39 is 13.3 Å². The number of hydrogen-bond donors (Lipinski definition) is 0. The predicted molar refractivity (Wildman–Crippen MR) is 144 cm³/mol. The van der Waals surface area contributed by atoms with Crippen molar-refractivity contribution in [3.8, 4) is 22.6 Å². The van der Waals surface area contributed by atoms with Crippen molar-refractivity contribution in [2.75, 3.05) is 0 Å². The predicted octanol–water partition coefficient (Wildman–Crippen LogP) is 8.16. The Balaban J connectivity index is 1.61. The van der Waals surface area contributed by atoms with E-state index in [1.807, 2.05) is 12.3 Å². The van der Waals surface area contributed by atoms with E-state index in [1.54, 1.807) is 0 Å². The van der Waals surface area contributed by atoms with Crippen molar-refractivity contribution in [2.45, 2.75) is 43.5 Å². The van der Waals surface area contributed by atoms with Gasteiger partial charge < -0.3 is 0 Å². The van der Waals surface area contributed by atoms with E-state index in [2.05, 4.69) is 105 Å². The summed E-state index contributed by atoms with van der Waals surface area (Å²) in [6, 6.07) is 26.2. The normalized spacial score (nSPS) is 12.5. The van der Waals surface area contributed by atoms with Crippen LogP contribution in [0.25, 0.3) is 44.3 Å². The van der Waals surface area contributed by atoms with E-state index in [4.69, 9.17) is 9.40 Å². The summed E-state index contributed by atoms with van der Waals surface area (Å²) in [7, 11) is 0. The first kappa shape index (κ1) is 22.0. The Kier molecular flexibility index (Phi) is 5.25. The van der Waals surface area contributed by atoms with Crippen LogP contribution in [-0.2, 0) is 5.41 Å². The van der Waals surface area contributed by atoms with Crippen LogP contribution in [0.4, 0.5) is 0 Å². The van der Waals surface area contributed by atoms with Gasteiger partial charge >= 0.3 is 160 Å². The first-order chi connectivity index (χ1) is 15.6. The van der Waals surface area contributed by atoms with Crippen LogP contribution in [0.2, 0.25) is 17.3 Å².